The van der Waals surface area contributed by atoms with Crippen molar-refractivity contribution in [2.45, 2.75) is 19.4 Å². The van der Waals surface area contributed by atoms with E-state index in [-0.39, 0.29) is 18.7 Å². The molecule has 0 aromatic heterocycles. The van der Waals surface area contributed by atoms with Crippen LogP contribution in [0.25, 0.3) is 0 Å². The second-order valence-corrected chi connectivity index (χ2v) is 7.14. The van der Waals surface area contributed by atoms with Gasteiger partial charge in [-0.25, -0.2) is 9.69 Å². The predicted octanol–water partition coefficient (Wildman–Crippen LogP) is 4.25. The average molecular weight is 444 g/mol. The summed E-state index contributed by atoms with van der Waals surface area (Å²) in [5.41, 5.74) is 1.24. The third kappa shape index (κ3) is 6.74. The summed E-state index contributed by atoms with van der Waals surface area (Å²) in [7, 11) is 0. The van der Waals surface area contributed by atoms with Gasteiger partial charge in [0.15, 0.2) is 6.19 Å². The number of carbonyl (C=O) groups excluding carboxylic acids is 2. The zero-order chi connectivity index (χ0) is 23.6. The molecule has 33 heavy (non-hydrogen) atoms. The first-order valence-electron chi connectivity index (χ1n) is 10.4. The maximum atomic E-state index is 12.8. The van der Waals surface area contributed by atoms with E-state index in [1.54, 1.807) is 43.3 Å². The van der Waals surface area contributed by atoms with Crippen molar-refractivity contribution < 1.29 is 19.4 Å². The fraction of sp³-hybridized carbons (Fsp3) is 0.160. The first-order chi connectivity index (χ1) is 16.0. The van der Waals surface area contributed by atoms with Crippen LogP contribution in [0.3, 0.4) is 0 Å². The summed E-state index contributed by atoms with van der Waals surface area (Å²) in [5, 5.41) is 24.0. The number of rotatable bonds is 8. The number of nitrogens with zero attached hydrogens (tertiary/aromatic N) is 2. The number of phenols is 1. The van der Waals surface area contributed by atoms with Crippen LogP contribution in [0.2, 0.25) is 0 Å². The number of ether oxygens (including phenoxy) is 1. The Morgan fingerprint density at radius 2 is 1.64 bits per heavy atom. The Hall–Kier alpha value is -4.51. The highest BCUT2D eigenvalue weighted by Gasteiger charge is 2.26. The molecule has 168 valence electrons. The number of nitriles is 1. The van der Waals surface area contributed by atoms with Gasteiger partial charge in [-0.2, -0.15) is 5.26 Å². The van der Waals surface area contributed by atoms with Crippen molar-refractivity contribution in [3.05, 3.63) is 84.4 Å². The van der Waals surface area contributed by atoms with E-state index in [9.17, 15) is 20.0 Å². The number of para-hydroxylation sites is 1. The van der Waals surface area contributed by atoms with E-state index < -0.39 is 18.0 Å². The minimum atomic E-state index is -0.963. The molecule has 3 N–H and O–H groups in total. The zero-order valence-corrected chi connectivity index (χ0v) is 18.1. The molecule has 0 aliphatic carbocycles. The quantitative estimate of drug-likeness (QED) is 0.355. The molecule has 0 saturated heterocycles. The minimum absolute atomic E-state index is 0.0965. The second kappa shape index (κ2) is 11.2. The van der Waals surface area contributed by atoms with Crippen molar-refractivity contribution in [2.24, 2.45) is 0 Å². The fourth-order valence-electron chi connectivity index (χ4n) is 3.09. The van der Waals surface area contributed by atoms with Crippen LogP contribution in [0.1, 0.15) is 12.5 Å². The van der Waals surface area contributed by atoms with Crippen molar-refractivity contribution in [3.8, 4) is 23.4 Å². The van der Waals surface area contributed by atoms with Gasteiger partial charge in [-0.15, -0.1) is 0 Å². The lowest BCUT2D eigenvalue weighted by atomic mass is 10.0. The Morgan fingerprint density at radius 1 is 1.00 bits per heavy atom. The van der Waals surface area contributed by atoms with Gasteiger partial charge >= 0.3 is 6.03 Å². The second-order valence-electron chi connectivity index (χ2n) is 7.14. The fourth-order valence-corrected chi connectivity index (χ4v) is 3.09. The molecule has 3 amide bonds. The van der Waals surface area contributed by atoms with Gasteiger partial charge in [0.25, 0.3) is 5.91 Å². The van der Waals surface area contributed by atoms with E-state index in [4.69, 9.17) is 4.74 Å². The molecule has 0 bridgehead atoms. The maximum absolute atomic E-state index is 12.8. The number of phenolic OH excluding ortho intramolecular Hbond substituents is 1. The third-order valence-corrected chi connectivity index (χ3v) is 4.77. The van der Waals surface area contributed by atoms with Crippen LogP contribution in [0.4, 0.5) is 10.5 Å². The lowest BCUT2D eigenvalue weighted by molar-refractivity contribution is -0.129. The predicted molar refractivity (Wildman–Crippen MR) is 124 cm³/mol. The first-order valence-corrected chi connectivity index (χ1v) is 10.4. The molecule has 0 aliphatic heterocycles. The van der Waals surface area contributed by atoms with Gasteiger partial charge in [0.1, 0.15) is 23.3 Å². The highest BCUT2D eigenvalue weighted by molar-refractivity contribution is 5.94. The molecular formula is C25H24N4O4. The lowest BCUT2D eigenvalue weighted by Crippen LogP contribution is -2.49. The molecule has 0 radical (unpaired) electrons. The summed E-state index contributed by atoms with van der Waals surface area (Å²) >= 11 is 0. The van der Waals surface area contributed by atoms with E-state index in [2.05, 4.69) is 10.6 Å². The number of aromatic hydroxyl groups is 1. The van der Waals surface area contributed by atoms with Crippen LogP contribution in [-0.2, 0) is 11.2 Å². The Labute approximate surface area is 192 Å². The van der Waals surface area contributed by atoms with E-state index in [0.717, 1.165) is 10.5 Å². The molecule has 0 saturated carbocycles. The Balaban J connectivity index is 1.66. The monoisotopic (exact) mass is 444 g/mol. The number of hydrogen-bond acceptors (Lipinski definition) is 5. The molecule has 1 atom stereocenters. The van der Waals surface area contributed by atoms with Crippen molar-refractivity contribution in [2.75, 3.05) is 11.9 Å². The van der Waals surface area contributed by atoms with Gasteiger partial charge < -0.3 is 20.5 Å². The summed E-state index contributed by atoms with van der Waals surface area (Å²) in [6.45, 7) is 1.87. The summed E-state index contributed by atoms with van der Waals surface area (Å²) < 4.78 is 5.73. The minimum Gasteiger partial charge on any atom is -0.508 e. The Kier molecular flexibility index (Phi) is 7.86. The molecule has 0 spiro atoms. The van der Waals surface area contributed by atoms with E-state index in [0.29, 0.717) is 17.2 Å². The zero-order valence-electron chi connectivity index (χ0n) is 18.1. The molecule has 1 unspecified atom stereocenters. The van der Waals surface area contributed by atoms with Crippen molar-refractivity contribution >= 4 is 17.6 Å². The molecule has 0 fully saturated rings. The van der Waals surface area contributed by atoms with Gasteiger partial charge in [-0.3, -0.25) is 4.79 Å². The van der Waals surface area contributed by atoms with Gasteiger partial charge in [-0.05, 0) is 61.0 Å². The lowest BCUT2D eigenvalue weighted by Gasteiger charge is -2.22. The number of anilines is 1. The summed E-state index contributed by atoms with van der Waals surface area (Å²) in [6, 6.07) is 20.9. The molecule has 8 nitrogen and oxygen atoms in total. The molecule has 8 heteroatoms. The van der Waals surface area contributed by atoms with E-state index in [1.165, 1.54) is 12.1 Å². The Bertz CT molecular complexity index is 1110. The highest BCUT2D eigenvalue weighted by atomic mass is 16.5. The van der Waals surface area contributed by atoms with E-state index >= 15 is 0 Å². The molecule has 0 heterocycles. The number of carbonyl (C=O) groups is 2. The number of likely N-dealkylation sites (N-methyl/N-ethyl adjacent to an activating group) is 1. The van der Waals surface area contributed by atoms with Crippen LogP contribution < -0.4 is 15.4 Å². The normalized spacial score (nSPS) is 11.0. The number of hydrogen-bond donors (Lipinski definition) is 3. The molecule has 3 aromatic rings. The van der Waals surface area contributed by atoms with Crippen LogP contribution in [-0.4, -0.2) is 34.5 Å². The summed E-state index contributed by atoms with van der Waals surface area (Å²) in [4.78, 5) is 26.4. The molecule has 0 aliphatic rings. The van der Waals surface area contributed by atoms with Crippen LogP contribution in [0, 0.1) is 11.5 Å². The van der Waals surface area contributed by atoms with Crippen molar-refractivity contribution in [1.82, 2.24) is 10.2 Å². The standard InChI is InChI=1S/C25H24N4O4/c1-2-29(17-26)24(31)23(16-18-8-12-20(30)13-9-18)28-25(32)27-19-10-14-22(15-11-19)33-21-6-4-3-5-7-21/h3-15,23,30H,2,16H2,1H3,(H2,27,28,32). The third-order valence-electron chi connectivity index (χ3n) is 4.77. The number of benzene rings is 3. The topological polar surface area (TPSA) is 115 Å². The SMILES string of the molecule is CCN(C#N)C(=O)C(Cc1ccc(O)cc1)NC(=O)Nc1ccc(Oc2ccccc2)cc1. The number of nitrogens with one attached hydrogen (secondary N) is 2. The first kappa shape index (κ1) is 23.2. The Morgan fingerprint density at radius 3 is 2.24 bits per heavy atom. The van der Waals surface area contributed by atoms with Crippen LogP contribution in [0.5, 0.6) is 17.2 Å². The molecule has 3 rings (SSSR count). The van der Waals surface area contributed by atoms with Crippen LogP contribution >= 0.6 is 0 Å². The van der Waals surface area contributed by atoms with E-state index in [1.807, 2.05) is 36.5 Å². The largest absolute Gasteiger partial charge is 0.508 e. The summed E-state index contributed by atoms with van der Waals surface area (Å²) in [5.74, 6) is 0.888. The van der Waals surface area contributed by atoms with Crippen molar-refractivity contribution in [1.29, 1.82) is 5.26 Å². The summed E-state index contributed by atoms with van der Waals surface area (Å²) in [6.07, 6.45) is 2.00. The maximum Gasteiger partial charge on any atom is 0.319 e. The van der Waals surface area contributed by atoms with Crippen LogP contribution in [0.15, 0.2) is 78.9 Å². The van der Waals surface area contributed by atoms with Gasteiger partial charge in [-0.1, -0.05) is 30.3 Å². The number of urea groups is 1. The molecule has 3 aromatic carbocycles. The van der Waals surface area contributed by atoms with Gasteiger partial charge in [0.2, 0.25) is 0 Å². The highest BCUT2D eigenvalue weighted by Crippen LogP contribution is 2.22. The van der Waals surface area contributed by atoms with Crippen molar-refractivity contribution in [3.63, 3.8) is 0 Å². The average Bonchev–Trinajstić information content (AvgIpc) is 2.82. The molecular weight excluding hydrogens is 420 g/mol. The van der Waals surface area contributed by atoms with Gasteiger partial charge in [0, 0.05) is 18.7 Å². The smallest absolute Gasteiger partial charge is 0.319 e. The van der Waals surface area contributed by atoms with Gasteiger partial charge in [0.05, 0.1) is 0 Å². The number of amides is 3.